The summed E-state index contributed by atoms with van der Waals surface area (Å²) in [5.74, 6) is 1.15. The SMILES string of the molecule is C=C(OCC)C(=O)C1=C2CCC(=O)N2CCc2cc3c(cc21)OCO3. The van der Waals surface area contributed by atoms with Gasteiger partial charge >= 0.3 is 0 Å². The predicted molar refractivity (Wildman–Crippen MR) is 89.9 cm³/mol. The molecule has 130 valence electrons. The van der Waals surface area contributed by atoms with Gasteiger partial charge in [0.25, 0.3) is 0 Å². The Morgan fingerprint density at radius 2 is 2.00 bits per heavy atom. The van der Waals surface area contributed by atoms with Crippen LogP contribution in [0.4, 0.5) is 0 Å². The third-order valence-electron chi connectivity index (χ3n) is 4.76. The third kappa shape index (κ3) is 2.49. The molecule has 4 rings (SSSR count). The Hall–Kier alpha value is -2.76. The molecular weight excluding hydrogens is 322 g/mol. The maximum atomic E-state index is 13.1. The van der Waals surface area contributed by atoms with E-state index in [-0.39, 0.29) is 24.2 Å². The largest absolute Gasteiger partial charge is 0.490 e. The van der Waals surface area contributed by atoms with E-state index in [1.54, 1.807) is 11.8 Å². The zero-order valence-electron chi connectivity index (χ0n) is 14.1. The quantitative estimate of drug-likeness (QED) is 0.622. The van der Waals surface area contributed by atoms with Crippen molar-refractivity contribution in [2.45, 2.75) is 26.2 Å². The number of nitrogens with zero attached hydrogens (tertiary/aromatic N) is 1. The fourth-order valence-electron chi connectivity index (χ4n) is 3.61. The highest BCUT2D eigenvalue weighted by atomic mass is 16.7. The molecule has 25 heavy (non-hydrogen) atoms. The van der Waals surface area contributed by atoms with Gasteiger partial charge in [0.15, 0.2) is 17.3 Å². The first-order valence-corrected chi connectivity index (χ1v) is 8.43. The molecule has 0 unspecified atom stereocenters. The lowest BCUT2D eigenvalue weighted by Crippen LogP contribution is -2.25. The Kier molecular flexibility index (Phi) is 3.75. The van der Waals surface area contributed by atoms with Crippen molar-refractivity contribution in [3.63, 3.8) is 0 Å². The van der Waals surface area contributed by atoms with E-state index in [4.69, 9.17) is 14.2 Å². The molecule has 1 fully saturated rings. The van der Waals surface area contributed by atoms with Crippen molar-refractivity contribution in [2.24, 2.45) is 0 Å². The van der Waals surface area contributed by atoms with Crippen LogP contribution in [-0.2, 0) is 20.7 Å². The van der Waals surface area contributed by atoms with Gasteiger partial charge < -0.3 is 19.1 Å². The molecule has 0 aliphatic carbocycles. The molecule has 1 aromatic carbocycles. The Labute approximate surface area is 145 Å². The van der Waals surface area contributed by atoms with Crippen LogP contribution in [0.5, 0.6) is 11.5 Å². The van der Waals surface area contributed by atoms with Crippen LogP contribution in [0.3, 0.4) is 0 Å². The van der Waals surface area contributed by atoms with Crippen molar-refractivity contribution in [1.82, 2.24) is 4.90 Å². The van der Waals surface area contributed by atoms with Crippen LogP contribution in [-0.4, -0.2) is 36.5 Å². The van der Waals surface area contributed by atoms with Gasteiger partial charge in [0.05, 0.1) is 12.2 Å². The van der Waals surface area contributed by atoms with Crippen molar-refractivity contribution in [3.8, 4) is 11.5 Å². The predicted octanol–water partition coefficient (Wildman–Crippen LogP) is 2.42. The fraction of sp³-hybridized carbons (Fsp3) is 0.368. The molecular formula is C19H19NO5. The highest BCUT2D eigenvalue weighted by molar-refractivity contribution is 6.29. The highest BCUT2D eigenvalue weighted by Crippen LogP contribution is 2.42. The zero-order valence-corrected chi connectivity index (χ0v) is 14.1. The molecule has 0 bridgehead atoms. The number of Topliss-reactive ketones (excluding diaryl/α,β-unsaturated/α-hetero) is 1. The summed E-state index contributed by atoms with van der Waals surface area (Å²) in [6, 6.07) is 3.74. The Morgan fingerprint density at radius 3 is 2.76 bits per heavy atom. The molecule has 6 nitrogen and oxygen atoms in total. The minimum atomic E-state index is -0.279. The smallest absolute Gasteiger partial charge is 0.231 e. The van der Waals surface area contributed by atoms with Gasteiger partial charge in [0.1, 0.15) is 0 Å². The van der Waals surface area contributed by atoms with E-state index in [1.807, 2.05) is 12.1 Å². The van der Waals surface area contributed by atoms with Crippen molar-refractivity contribution in [2.75, 3.05) is 19.9 Å². The molecule has 0 radical (unpaired) electrons. The molecule has 3 aliphatic heterocycles. The second kappa shape index (κ2) is 5.95. The van der Waals surface area contributed by atoms with E-state index in [0.717, 1.165) is 16.8 Å². The summed E-state index contributed by atoms with van der Waals surface area (Å²) in [5.41, 5.74) is 3.00. The summed E-state index contributed by atoms with van der Waals surface area (Å²) < 4.78 is 16.3. The maximum absolute atomic E-state index is 13.1. The molecule has 1 saturated heterocycles. The Morgan fingerprint density at radius 1 is 1.24 bits per heavy atom. The van der Waals surface area contributed by atoms with Gasteiger partial charge in [-0.15, -0.1) is 0 Å². The number of fused-ring (bicyclic) bond motifs is 3. The van der Waals surface area contributed by atoms with E-state index >= 15 is 0 Å². The summed E-state index contributed by atoms with van der Waals surface area (Å²) in [5, 5.41) is 0. The van der Waals surface area contributed by atoms with Gasteiger partial charge in [-0.25, -0.2) is 0 Å². The van der Waals surface area contributed by atoms with Gasteiger partial charge in [0, 0.05) is 18.7 Å². The van der Waals surface area contributed by atoms with Crippen molar-refractivity contribution in [1.29, 1.82) is 0 Å². The number of hydrogen-bond acceptors (Lipinski definition) is 5. The van der Waals surface area contributed by atoms with Gasteiger partial charge in [0.2, 0.25) is 18.5 Å². The second-order valence-corrected chi connectivity index (χ2v) is 6.17. The normalized spacial score (nSPS) is 18.0. The number of amides is 1. The lowest BCUT2D eigenvalue weighted by molar-refractivity contribution is -0.126. The third-order valence-corrected chi connectivity index (χ3v) is 4.76. The molecule has 0 saturated carbocycles. The van der Waals surface area contributed by atoms with Gasteiger partial charge in [-0.05, 0) is 43.0 Å². The van der Waals surface area contributed by atoms with E-state index in [0.29, 0.717) is 49.5 Å². The number of hydrogen-bond donors (Lipinski definition) is 0. The van der Waals surface area contributed by atoms with Crippen LogP contribution in [0.2, 0.25) is 0 Å². The van der Waals surface area contributed by atoms with Crippen molar-refractivity contribution < 1.29 is 23.8 Å². The van der Waals surface area contributed by atoms with E-state index in [9.17, 15) is 9.59 Å². The van der Waals surface area contributed by atoms with Crippen LogP contribution in [0.15, 0.2) is 30.2 Å². The number of ether oxygens (including phenoxy) is 3. The number of ketones is 1. The molecule has 0 spiro atoms. The van der Waals surface area contributed by atoms with Crippen LogP contribution in [0, 0.1) is 0 Å². The highest BCUT2D eigenvalue weighted by Gasteiger charge is 2.36. The standard InChI is InChI=1S/C19H19NO5/c1-3-23-11(2)19(22)18-13-9-16-15(24-10-25-16)8-12(13)6-7-20-14(18)4-5-17(20)21/h8-9H,2-7,10H2,1H3. The number of allylic oxidation sites excluding steroid dienone is 2. The van der Waals surface area contributed by atoms with Gasteiger partial charge in [-0.1, -0.05) is 6.58 Å². The average molecular weight is 341 g/mol. The summed E-state index contributed by atoms with van der Waals surface area (Å²) >= 11 is 0. The molecule has 6 heteroatoms. The molecule has 1 amide bonds. The minimum Gasteiger partial charge on any atom is -0.490 e. The number of carbonyl (C=O) groups excluding carboxylic acids is 2. The number of benzene rings is 1. The van der Waals surface area contributed by atoms with Gasteiger partial charge in [-0.3, -0.25) is 9.59 Å². The molecule has 3 aliphatic rings. The Bertz CT molecular complexity index is 823. The summed E-state index contributed by atoms with van der Waals surface area (Å²) in [6.07, 6.45) is 1.62. The first-order valence-electron chi connectivity index (χ1n) is 8.43. The zero-order chi connectivity index (χ0) is 17.6. The molecule has 0 atom stereocenters. The maximum Gasteiger partial charge on any atom is 0.231 e. The Balaban J connectivity index is 1.89. The lowest BCUT2D eigenvalue weighted by atomic mass is 9.92. The lowest BCUT2D eigenvalue weighted by Gasteiger charge is -2.18. The summed E-state index contributed by atoms with van der Waals surface area (Å²) in [4.78, 5) is 27.0. The first-order chi connectivity index (χ1) is 12.1. The van der Waals surface area contributed by atoms with Crippen molar-refractivity contribution in [3.05, 3.63) is 41.3 Å². The van der Waals surface area contributed by atoms with E-state index in [1.165, 1.54) is 0 Å². The summed E-state index contributed by atoms with van der Waals surface area (Å²) in [6.45, 7) is 6.66. The minimum absolute atomic E-state index is 0.0511. The van der Waals surface area contributed by atoms with Crippen LogP contribution < -0.4 is 9.47 Å². The van der Waals surface area contributed by atoms with Crippen molar-refractivity contribution >= 4 is 17.3 Å². The van der Waals surface area contributed by atoms with Crippen LogP contribution >= 0.6 is 0 Å². The topological polar surface area (TPSA) is 65.1 Å². The first kappa shape index (κ1) is 15.7. The molecule has 1 aromatic rings. The average Bonchev–Trinajstić information content (AvgIpc) is 3.15. The second-order valence-electron chi connectivity index (χ2n) is 6.17. The van der Waals surface area contributed by atoms with Crippen LogP contribution in [0.25, 0.3) is 5.57 Å². The molecule has 3 heterocycles. The fourth-order valence-corrected chi connectivity index (χ4v) is 3.61. The number of rotatable bonds is 4. The number of carbonyl (C=O) groups is 2. The van der Waals surface area contributed by atoms with Crippen LogP contribution in [0.1, 0.15) is 30.9 Å². The van der Waals surface area contributed by atoms with E-state index in [2.05, 4.69) is 6.58 Å². The monoisotopic (exact) mass is 341 g/mol. The molecule has 0 N–H and O–H groups in total. The molecule has 0 aromatic heterocycles. The van der Waals surface area contributed by atoms with E-state index < -0.39 is 0 Å². The summed E-state index contributed by atoms with van der Waals surface area (Å²) in [7, 11) is 0. The van der Waals surface area contributed by atoms with Gasteiger partial charge in [-0.2, -0.15) is 0 Å².